The molecular formula is C44H37ClN10O2. The zero-order valence-corrected chi connectivity index (χ0v) is 31.7. The summed E-state index contributed by atoms with van der Waals surface area (Å²) in [6.45, 7) is 1.97. The van der Waals surface area contributed by atoms with Gasteiger partial charge in [-0.25, -0.2) is 0 Å². The monoisotopic (exact) mass is 772 g/mol. The van der Waals surface area contributed by atoms with Crippen molar-refractivity contribution in [2.45, 2.75) is 39.0 Å². The highest BCUT2D eigenvalue weighted by atomic mass is 35.5. The summed E-state index contributed by atoms with van der Waals surface area (Å²) >= 11 is 6.82. The van der Waals surface area contributed by atoms with Gasteiger partial charge < -0.3 is 30.1 Å². The number of pyridine rings is 2. The van der Waals surface area contributed by atoms with Crippen LogP contribution >= 0.6 is 11.6 Å². The number of H-pyrrole nitrogens is 2. The molecule has 0 radical (unpaired) electrons. The highest BCUT2D eigenvalue weighted by molar-refractivity contribution is 6.32. The van der Waals surface area contributed by atoms with E-state index in [1.807, 2.05) is 79.7 Å². The summed E-state index contributed by atoms with van der Waals surface area (Å²) in [6, 6.07) is 33.1. The van der Waals surface area contributed by atoms with E-state index in [2.05, 4.69) is 69.2 Å². The lowest BCUT2D eigenvalue weighted by atomic mass is 9.90. The second-order valence-corrected chi connectivity index (χ2v) is 14.2. The van der Waals surface area contributed by atoms with Crippen LogP contribution in [0.4, 0.5) is 23.3 Å². The topological polar surface area (TPSA) is 151 Å². The number of halogens is 1. The summed E-state index contributed by atoms with van der Waals surface area (Å²) in [4.78, 5) is 15.2. The van der Waals surface area contributed by atoms with Crippen molar-refractivity contribution in [3.8, 4) is 45.8 Å². The first kappa shape index (κ1) is 35.6. The van der Waals surface area contributed by atoms with Gasteiger partial charge in [0.25, 0.3) is 0 Å². The van der Waals surface area contributed by atoms with E-state index in [1.54, 1.807) is 30.7 Å². The Morgan fingerprint density at radius 3 is 2.00 bits per heavy atom. The number of aromatic nitrogens is 8. The number of rotatable bonds is 12. The van der Waals surface area contributed by atoms with Crippen LogP contribution in [0.15, 0.2) is 122 Å². The summed E-state index contributed by atoms with van der Waals surface area (Å²) in [5.74, 6) is 5.18. The number of aromatic amines is 2. The number of hydrogen-bond donors (Lipinski definition) is 4. The van der Waals surface area contributed by atoms with E-state index in [0.717, 1.165) is 52.2 Å². The second kappa shape index (κ2) is 16.0. The molecule has 0 bridgehead atoms. The lowest BCUT2D eigenvalue weighted by Crippen LogP contribution is -2.06. The molecular weight excluding hydrogens is 736 g/mol. The smallest absolute Gasteiger partial charge is 0.226 e. The van der Waals surface area contributed by atoms with Crippen LogP contribution in [0.1, 0.15) is 40.8 Å². The average Bonchev–Trinajstić information content (AvgIpc) is 3.91. The van der Waals surface area contributed by atoms with Gasteiger partial charge in [-0.2, -0.15) is 0 Å². The average molecular weight is 773 g/mol. The maximum Gasteiger partial charge on any atom is 0.226 e. The zero-order valence-electron chi connectivity index (χ0n) is 31.0. The van der Waals surface area contributed by atoms with Crippen molar-refractivity contribution in [1.29, 1.82) is 0 Å². The molecule has 4 heterocycles. The summed E-state index contributed by atoms with van der Waals surface area (Å²) < 4.78 is 12.1. The molecule has 4 N–H and O–H groups in total. The highest BCUT2D eigenvalue weighted by Crippen LogP contribution is 2.32. The Morgan fingerprint density at radius 1 is 0.649 bits per heavy atom. The Morgan fingerprint density at radius 2 is 1.28 bits per heavy atom. The molecule has 4 aromatic carbocycles. The fourth-order valence-corrected chi connectivity index (χ4v) is 7.13. The van der Waals surface area contributed by atoms with E-state index in [9.17, 15) is 0 Å². The molecule has 9 rings (SSSR count). The van der Waals surface area contributed by atoms with E-state index in [-0.39, 0.29) is 0 Å². The Hall–Kier alpha value is -7.05. The Labute approximate surface area is 333 Å². The number of ether oxygens (including phenoxy) is 2. The number of fused-ring (bicyclic) bond motifs is 1. The Kier molecular flexibility index (Phi) is 9.98. The van der Waals surface area contributed by atoms with Crippen LogP contribution in [0.25, 0.3) is 22.8 Å². The fourth-order valence-electron chi connectivity index (χ4n) is 6.95. The number of nitrogens with one attached hydrogen (secondary N) is 4. The lowest BCUT2D eigenvalue weighted by Gasteiger charge is -2.19. The first-order chi connectivity index (χ1) is 28.0. The molecule has 0 atom stereocenters. The van der Waals surface area contributed by atoms with Crippen molar-refractivity contribution in [1.82, 2.24) is 40.3 Å². The van der Waals surface area contributed by atoms with Crippen LogP contribution < -0.4 is 20.1 Å². The third kappa shape index (κ3) is 8.31. The van der Waals surface area contributed by atoms with Crippen molar-refractivity contribution < 1.29 is 9.47 Å². The molecule has 0 saturated heterocycles. The van der Waals surface area contributed by atoms with Gasteiger partial charge in [0.05, 0.1) is 0 Å². The molecule has 12 nitrogen and oxygen atoms in total. The van der Waals surface area contributed by atoms with Gasteiger partial charge in [-0.3, -0.25) is 9.97 Å². The van der Waals surface area contributed by atoms with E-state index >= 15 is 0 Å². The van der Waals surface area contributed by atoms with Crippen molar-refractivity contribution in [3.05, 3.63) is 155 Å². The van der Waals surface area contributed by atoms with Gasteiger partial charge in [0.15, 0.2) is 11.6 Å². The van der Waals surface area contributed by atoms with Gasteiger partial charge >= 0.3 is 0 Å². The van der Waals surface area contributed by atoms with Gasteiger partial charge in [-0.1, -0.05) is 23.7 Å². The van der Waals surface area contributed by atoms with Gasteiger partial charge in [0, 0.05) is 64.3 Å². The van der Waals surface area contributed by atoms with Gasteiger partial charge in [0.2, 0.25) is 11.9 Å². The number of nitrogens with zero attached hydrogens (tertiary/aromatic N) is 6. The molecule has 0 saturated carbocycles. The highest BCUT2D eigenvalue weighted by Gasteiger charge is 2.16. The lowest BCUT2D eigenvalue weighted by molar-refractivity contribution is 0.481. The van der Waals surface area contributed by atoms with E-state index in [4.69, 9.17) is 21.1 Å². The number of hydrogen-bond acceptors (Lipinski definition) is 10. The van der Waals surface area contributed by atoms with Crippen LogP contribution in [-0.2, 0) is 19.3 Å². The Balaban J connectivity index is 0.832. The van der Waals surface area contributed by atoms with Crippen molar-refractivity contribution in [3.63, 3.8) is 0 Å². The minimum atomic E-state index is 0.495. The van der Waals surface area contributed by atoms with Crippen LogP contribution in [-0.4, -0.2) is 40.3 Å². The maximum atomic E-state index is 6.82. The first-order valence-corrected chi connectivity index (χ1v) is 19.1. The largest absolute Gasteiger partial charge is 0.457 e. The number of benzene rings is 4. The normalized spacial score (nSPS) is 12.2. The first-order valence-electron chi connectivity index (χ1n) is 18.7. The third-order valence-corrected chi connectivity index (χ3v) is 10.3. The summed E-state index contributed by atoms with van der Waals surface area (Å²) in [5, 5.41) is 24.8. The van der Waals surface area contributed by atoms with Crippen molar-refractivity contribution in [2.24, 2.45) is 0 Å². The molecule has 57 heavy (non-hydrogen) atoms. The molecule has 8 aromatic rings. The molecule has 0 amide bonds. The van der Waals surface area contributed by atoms with Gasteiger partial charge in [-0.15, -0.1) is 20.4 Å². The molecule has 282 valence electrons. The van der Waals surface area contributed by atoms with E-state index in [0.29, 0.717) is 58.0 Å². The molecule has 4 aromatic heterocycles. The number of aryl methyl sites for hydroxylation is 2. The minimum Gasteiger partial charge on any atom is -0.457 e. The number of anilines is 4. The molecule has 13 heteroatoms. The minimum absolute atomic E-state index is 0.495. The standard InChI is InChI=1S/C44H37ClN10O2/c1-27-23-33(48-43-50-41(52-54-43)29-9-13-34(14-10-29)56-36-17-20-46-21-18-36)25-31(40(27)45)24-32-26-37(19-22-47-32)57-35-15-11-30(12-16-35)42-51-44(55-53-42)49-39-8-4-6-28-5-2-3-7-38(28)39/h4,6,8-23,25-26H,2-3,5,7,24H2,1H3,(H2,48,50,52,54)(H2,49,51,53,55). The van der Waals surface area contributed by atoms with Crippen LogP contribution in [0, 0.1) is 6.92 Å². The molecule has 1 aliphatic rings. The molecule has 0 spiro atoms. The molecule has 0 unspecified atom stereocenters. The van der Waals surface area contributed by atoms with Crippen LogP contribution in [0.5, 0.6) is 23.0 Å². The predicted octanol–water partition coefficient (Wildman–Crippen LogP) is 10.6. The van der Waals surface area contributed by atoms with Crippen molar-refractivity contribution >= 4 is 34.9 Å². The van der Waals surface area contributed by atoms with E-state index in [1.165, 1.54) is 24.0 Å². The van der Waals surface area contributed by atoms with Crippen molar-refractivity contribution in [2.75, 3.05) is 10.6 Å². The second-order valence-electron chi connectivity index (χ2n) is 13.8. The molecule has 0 fully saturated rings. The maximum absolute atomic E-state index is 6.82. The fraction of sp³-hybridized carbons (Fsp3) is 0.136. The van der Waals surface area contributed by atoms with Crippen LogP contribution in [0.2, 0.25) is 5.02 Å². The summed E-state index contributed by atoms with van der Waals surface area (Å²) in [5.41, 5.74) is 9.09. The summed E-state index contributed by atoms with van der Waals surface area (Å²) in [7, 11) is 0. The van der Waals surface area contributed by atoms with E-state index < -0.39 is 0 Å². The SMILES string of the molecule is Cc1cc(Nc2nnc(-c3ccc(Oc4ccncc4)cc3)[nH]2)cc(Cc2cc(Oc3ccc(-c4nnc(Nc5cccc6c5CCCC6)[nH]4)cc3)ccn2)c1Cl. The Bertz CT molecular complexity index is 2640. The zero-order chi connectivity index (χ0) is 38.6. The molecule has 0 aliphatic heterocycles. The summed E-state index contributed by atoms with van der Waals surface area (Å²) in [6.07, 6.45) is 10.3. The van der Waals surface area contributed by atoms with Crippen LogP contribution in [0.3, 0.4) is 0 Å². The molecule has 1 aliphatic carbocycles. The third-order valence-electron chi connectivity index (χ3n) is 9.75. The van der Waals surface area contributed by atoms with Gasteiger partial charge in [0.1, 0.15) is 23.0 Å². The quantitative estimate of drug-likeness (QED) is 0.0944. The predicted molar refractivity (Wildman–Crippen MR) is 221 cm³/mol. The van der Waals surface area contributed by atoms with Gasteiger partial charge in [-0.05, 0) is 140 Å².